The molecule has 0 amide bonds. The zero-order valence-corrected chi connectivity index (χ0v) is 12.1. The number of benzene rings is 2. The van der Waals surface area contributed by atoms with E-state index in [2.05, 4.69) is 0 Å². The van der Waals surface area contributed by atoms with E-state index >= 15 is 0 Å². The Morgan fingerprint density at radius 1 is 0.600 bits per heavy atom. The minimum atomic E-state index is -0.445. The summed E-state index contributed by atoms with van der Waals surface area (Å²) < 4.78 is 20.1. The lowest BCUT2D eigenvalue weighted by Gasteiger charge is -1.87. The van der Waals surface area contributed by atoms with Gasteiger partial charge in [0.2, 0.25) is 16.9 Å². The molecule has 0 aliphatic rings. The van der Waals surface area contributed by atoms with E-state index in [0.717, 1.165) is 0 Å². The van der Waals surface area contributed by atoms with Crippen molar-refractivity contribution in [3.05, 3.63) is 71.8 Å². The van der Waals surface area contributed by atoms with Crippen molar-refractivity contribution in [3.8, 4) is 0 Å². The Balaban J connectivity index is 0.000000200. The average Bonchev–Trinajstić information content (AvgIpc) is 2.55. The highest BCUT2D eigenvalue weighted by atomic mass is 31.1. The van der Waals surface area contributed by atoms with E-state index in [1.165, 1.54) is 0 Å². The predicted octanol–water partition coefficient (Wildman–Crippen LogP) is 4.24. The van der Waals surface area contributed by atoms with Crippen molar-refractivity contribution in [3.63, 3.8) is 0 Å². The molecule has 4 nitrogen and oxygen atoms in total. The first-order chi connectivity index (χ1) is 9.69. The molecule has 0 saturated heterocycles. The molecule has 2 aromatic carbocycles. The molecule has 0 heterocycles. The minimum Gasteiger partial charge on any atom is -0.280 e. The zero-order chi connectivity index (χ0) is 14.8. The van der Waals surface area contributed by atoms with Crippen molar-refractivity contribution in [1.29, 1.82) is 0 Å². The van der Waals surface area contributed by atoms with Crippen molar-refractivity contribution in [2.75, 3.05) is 0 Å². The first-order valence-electron chi connectivity index (χ1n) is 5.54. The van der Waals surface area contributed by atoms with E-state index < -0.39 is 16.9 Å². The maximum Gasteiger partial charge on any atom is 0.253 e. The molecule has 2 aromatic rings. The van der Waals surface area contributed by atoms with Gasteiger partial charge in [0.1, 0.15) is 0 Å². The molecule has 0 fully saturated rings. The topological polar surface area (TPSA) is 68.3 Å². The van der Waals surface area contributed by atoms with Crippen molar-refractivity contribution >= 4 is 28.0 Å². The van der Waals surface area contributed by atoms with Gasteiger partial charge >= 0.3 is 0 Å². The van der Waals surface area contributed by atoms with Crippen molar-refractivity contribution in [1.82, 2.24) is 0 Å². The Bertz CT molecular complexity index is 542. The van der Waals surface area contributed by atoms with Gasteiger partial charge in [-0.3, -0.25) is 18.7 Å². The normalized spacial score (nSPS) is 9.60. The summed E-state index contributed by atoms with van der Waals surface area (Å²) in [4.78, 5) is 21.4. The van der Waals surface area contributed by atoms with Gasteiger partial charge in [-0.25, -0.2) is 0 Å². The molecule has 0 saturated carbocycles. The highest BCUT2D eigenvalue weighted by Gasteiger charge is 2.01. The van der Waals surface area contributed by atoms with E-state index in [-0.39, 0.29) is 11.0 Å². The van der Waals surface area contributed by atoms with Crippen LogP contribution in [0, 0.1) is 0 Å². The molecule has 0 aliphatic heterocycles. The molecular formula is C14H10O4P2. The van der Waals surface area contributed by atoms with Crippen molar-refractivity contribution in [2.24, 2.45) is 0 Å². The zero-order valence-electron chi connectivity index (χ0n) is 10.3. The average molecular weight is 304 g/mol. The van der Waals surface area contributed by atoms with Crippen LogP contribution in [-0.4, -0.2) is 11.0 Å². The van der Waals surface area contributed by atoms with Gasteiger partial charge in [0.05, 0.1) is 0 Å². The van der Waals surface area contributed by atoms with E-state index in [1.54, 1.807) is 60.7 Å². The molecule has 20 heavy (non-hydrogen) atoms. The molecule has 100 valence electrons. The SMILES string of the molecule is O=PC(=O)c1ccccc1.O=PC(=O)c1ccccc1. The molecule has 0 spiro atoms. The molecular weight excluding hydrogens is 294 g/mol. The van der Waals surface area contributed by atoms with Gasteiger partial charge in [0.15, 0.2) is 0 Å². The number of hydrogen-bond donors (Lipinski definition) is 0. The largest absolute Gasteiger partial charge is 0.280 e. The third-order valence-electron chi connectivity index (χ3n) is 2.21. The van der Waals surface area contributed by atoms with Gasteiger partial charge < -0.3 is 0 Å². The second kappa shape index (κ2) is 8.98. The van der Waals surface area contributed by atoms with Gasteiger partial charge in [-0.2, -0.15) is 0 Å². The lowest BCUT2D eigenvalue weighted by atomic mass is 10.2. The van der Waals surface area contributed by atoms with Crippen LogP contribution in [0.1, 0.15) is 20.7 Å². The molecule has 6 heteroatoms. The standard InChI is InChI=1S/2C7H5O2P/c2*8-7(10-9)6-4-2-1-3-5-6/h2*1-5H. The minimum absolute atomic E-state index is 0.374. The summed E-state index contributed by atoms with van der Waals surface area (Å²) in [5.41, 5.74) is 0.222. The fourth-order valence-electron chi connectivity index (χ4n) is 1.27. The Kier molecular flexibility index (Phi) is 7.20. The van der Waals surface area contributed by atoms with Crippen LogP contribution in [0.4, 0.5) is 0 Å². The Morgan fingerprint density at radius 3 is 1.15 bits per heavy atom. The van der Waals surface area contributed by atoms with Crippen molar-refractivity contribution in [2.45, 2.75) is 0 Å². The highest BCUT2D eigenvalue weighted by molar-refractivity contribution is 7.47. The van der Waals surface area contributed by atoms with Crippen LogP contribution in [0.25, 0.3) is 0 Å². The van der Waals surface area contributed by atoms with Crippen LogP contribution in [0.15, 0.2) is 60.7 Å². The van der Waals surface area contributed by atoms with E-state index in [9.17, 15) is 18.7 Å². The summed E-state index contributed by atoms with van der Waals surface area (Å²) >= 11 is 0. The number of carbonyl (C=O) groups is 2. The molecule has 2 rings (SSSR count). The van der Waals surface area contributed by atoms with Gasteiger partial charge in [0, 0.05) is 11.1 Å². The van der Waals surface area contributed by atoms with Crippen LogP contribution in [-0.2, 0) is 9.13 Å². The van der Waals surface area contributed by atoms with Crippen LogP contribution < -0.4 is 0 Å². The molecule has 0 unspecified atom stereocenters. The van der Waals surface area contributed by atoms with E-state index in [1.807, 2.05) is 0 Å². The maximum absolute atomic E-state index is 10.7. The monoisotopic (exact) mass is 304 g/mol. The molecule has 0 radical (unpaired) electrons. The molecule has 0 aromatic heterocycles. The van der Waals surface area contributed by atoms with E-state index in [4.69, 9.17) is 0 Å². The molecule has 0 N–H and O–H groups in total. The fourth-order valence-corrected chi connectivity index (χ4v) is 1.78. The summed E-state index contributed by atoms with van der Waals surface area (Å²) in [6.45, 7) is 0. The third kappa shape index (κ3) is 5.31. The Labute approximate surface area is 119 Å². The first kappa shape index (κ1) is 16.0. The molecule has 0 atom stereocenters. The maximum atomic E-state index is 10.7. The summed E-state index contributed by atoms with van der Waals surface area (Å²) in [5, 5.41) is 0. The third-order valence-corrected chi connectivity index (χ3v) is 3.06. The summed E-state index contributed by atoms with van der Waals surface area (Å²) in [5.74, 6) is 0. The Hall–Kier alpha value is -2.02. The van der Waals surface area contributed by atoms with Crippen LogP contribution in [0.2, 0.25) is 0 Å². The highest BCUT2D eigenvalue weighted by Crippen LogP contribution is 2.08. The summed E-state index contributed by atoms with van der Waals surface area (Å²) in [6.07, 6.45) is 0. The fraction of sp³-hybridized carbons (Fsp3) is 0. The quantitative estimate of drug-likeness (QED) is 0.792. The Morgan fingerprint density at radius 2 is 0.900 bits per heavy atom. The van der Waals surface area contributed by atoms with Crippen LogP contribution in [0.3, 0.4) is 0 Å². The van der Waals surface area contributed by atoms with Gasteiger partial charge in [0.25, 0.3) is 11.0 Å². The lowest BCUT2D eigenvalue weighted by molar-refractivity contribution is 0.107. The molecule has 0 bridgehead atoms. The molecule has 0 aliphatic carbocycles. The van der Waals surface area contributed by atoms with Crippen LogP contribution in [0.5, 0.6) is 0 Å². The van der Waals surface area contributed by atoms with Gasteiger partial charge in [-0.05, 0) is 0 Å². The number of hydrogen-bond acceptors (Lipinski definition) is 4. The lowest BCUT2D eigenvalue weighted by Crippen LogP contribution is -1.85. The second-order valence-corrected chi connectivity index (χ2v) is 4.70. The summed E-state index contributed by atoms with van der Waals surface area (Å²) in [7, 11) is -0.891. The second-order valence-electron chi connectivity index (χ2n) is 3.52. The number of carbonyl (C=O) groups excluding carboxylic acids is 2. The van der Waals surface area contributed by atoms with Crippen LogP contribution >= 0.6 is 16.9 Å². The van der Waals surface area contributed by atoms with Gasteiger partial charge in [-0.1, -0.05) is 60.7 Å². The summed E-state index contributed by atoms with van der Waals surface area (Å²) in [6, 6.07) is 17.1. The smallest absolute Gasteiger partial charge is 0.253 e. The van der Waals surface area contributed by atoms with Gasteiger partial charge in [-0.15, -0.1) is 0 Å². The van der Waals surface area contributed by atoms with E-state index in [0.29, 0.717) is 11.1 Å². The predicted molar refractivity (Wildman–Crippen MR) is 76.8 cm³/mol. The first-order valence-corrected chi connectivity index (χ1v) is 7.17. The number of rotatable bonds is 4. The van der Waals surface area contributed by atoms with Crippen molar-refractivity contribution < 1.29 is 18.7 Å².